The smallest absolute Gasteiger partial charge is 0.295 e. The first-order chi connectivity index (χ1) is 16.0. The van der Waals surface area contributed by atoms with Crippen LogP contribution in [0.2, 0.25) is 0 Å². The summed E-state index contributed by atoms with van der Waals surface area (Å²) in [6.45, 7) is 4.84. The molecule has 170 valence electrons. The summed E-state index contributed by atoms with van der Waals surface area (Å²) in [4.78, 5) is 28.8. The summed E-state index contributed by atoms with van der Waals surface area (Å²) in [5.74, 6) is -0.633. The Hall–Kier alpha value is -3.58. The number of nitrogens with zero attached hydrogens (tertiary/aromatic N) is 1. The van der Waals surface area contributed by atoms with E-state index in [1.807, 2.05) is 61.7 Å². The molecular weight excluding hydrogens is 438 g/mol. The SMILES string of the molecule is CCOc1ccc(/C(O)=C2/C(=O)C(=O)N(Cc3cccs3)C2c2ccccc2)c(OCC)c1. The van der Waals surface area contributed by atoms with Crippen molar-refractivity contribution in [3.05, 3.63) is 87.6 Å². The molecule has 0 saturated carbocycles. The molecule has 1 saturated heterocycles. The summed E-state index contributed by atoms with van der Waals surface area (Å²) in [6.07, 6.45) is 0. The average molecular weight is 464 g/mol. The lowest BCUT2D eigenvalue weighted by atomic mass is 9.95. The second kappa shape index (κ2) is 9.92. The number of aliphatic hydroxyl groups is 1. The lowest BCUT2D eigenvalue weighted by Gasteiger charge is -2.25. The number of ketones is 1. The van der Waals surface area contributed by atoms with Crippen molar-refractivity contribution in [3.63, 3.8) is 0 Å². The Labute approximate surface area is 196 Å². The predicted molar refractivity (Wildman–Crippen MR) is 127 cm³/mol. The zero-order valence-corrected chi connectivity index (χ0v) is 19.3. The highest BCUT2D eigenvalue weighted by molar-refractivity contribution is 7.09. The number of ether oxygens (including phenoxy) is 2. The minimum absolute atomic E-state index is 0.0490. The molecule has 2 heterocycles. The first-order valence-corrected chi connectivity index (χ1v) is 11.7. The standard InChI is InChI=1S/C26H25NO5S/c1-3-31-18-12-13-20(21(15-18)32-4-2)24(28)22-23(17-9-6-5-7-10-17)27(26(30)25(22)29)16-19-11-8-14-33-19/h5-15,23,28H,3-4,16H2,1-2H3/b24-22-. The molecule has 3 aromatic rings. The zero-order valence-electron chi connectivity index (χ0n) is 18.5. The normalized spacial score (nSPS) is 17.4. The molecule has 1 aliphatic heterocycles. The molecule has 7 heteroatoms. The molecule has 1 N–H and O–H groups in total. The number of likely N-dealkylation sites (tertiary alicyclic amines) is 1. The molecule has 1 aliphatic rings. The van der Waals surface area contributed by atoms with Crippen molar-refractivity contribution < 1.29 is 24.2 Å². The van der Waals surface area contributed by atoms with Gasteiger partial charge in [-0.3, -0.25) is 9.59 Å². The number of hydrogen-bond donors (Lipinski definition) is 1. The van der Waals surface area contributed by atoms with Crippen LogP contribution in [0.5, 0.6) is 11.5 Å². The molecule has 1 atom stereocenters. The van der Waals surface area contributed by atoms with Crippen LogP contribution in [0, 0.1) is 0 Å². The van der Waals surface area contributed by atoms with Gasteiger partial charge in [-0.2, -0.15) is 0 Å². The van der Waals surface area contributed by atoms with Crippen molar-refractivity contribution in [2.24, 2.45) is 0 Å². The number of benzene rings is 2. The second-order valence-electron chi connectivity index (χ2n) is 7.44. The van der Waals surface area contributed by atoms with Crippen molar-refractivity contribution in [1.29, 1.82) is 0 Å². The number of carbonyl (C=O) groups excluding carboxylic acids is 2. The Morgan fingerprint density at radius 2 is 1.76 bits per heavy atom. The van der Waals surface area contributed by atoms with Crippen LogP contribution in [0.4, 0.5) is 0 Å². The number of carbonyl (C=O) groups is 2. The molecular formula is C26H25NO5S. The monoisotopic (exact) mass is 463 g/mol. The Bertz CT molecular complexity index is 1170. The molecule has 33 heavy (non-hydrogen) atoms. The Morgan fingerprint density at radius 1 is 1.00 bits per heavy atom. The minimum atomic E-state index is -0.714. The third-order valence-electron chi connectivity index (χ3n) is 5.38. The molecule has 0 radical (unpaired) electrons. The quantitative estimate of drug-likeness (QED) is 0.283. The molecule has 0 spiro atoms. The fourth-order valence-electron chi connectivity index (χ4n) is 3.97. The average Bonchev–Trinajstić information content (AvgIpc) is 3.42. The van der Waals surface area contributed by atoms with E-state index in [1.54, 1.807) is 18.2 Å². The van der Waals surface area contributed by atoms with Crippen LogP contribution < -0.4 is 9.47 Å². The number of hydrogen-bond acceptors (Lipinski definition) is 6. The second-order valence-corrected chi connectivity index (χ2v) is 8.47. The van der Waals surface area contributed by atoms with E-state index in [0.717, 1.165) is 10.4 Å². The van der Waals surface area contributed by atoms with Gasteiger partial charge in [0, 0.05) is 10.9 Å². The van der Waals surface area contributed by atoms with Crippen LogP contribution in [-0.4, -0.2) is 34.9 Å². The molecule has 0 aliphatic carbocycles. The van der Waals surface area contributed by atoms with Crippen LogP contribution in [0.3, 0.4) is 0 Å². The largest absolute Gasteiger partial charge is 0.507 e. The van der Waals surface area contributed by atoms with Gasteiger partial charge in [-0.15, -0.1) is 11.3 Å². The molecule has 4 rings (SSSR count). The number of aliphatic hydroxyl groups excluding tert-OH is 1. The van der Waals surface area contributed by atoms with Gasteiger partial charge in [-0.05, 0) is 43.0 Å². The van der Waals surface area contributed by atoms with E-state index in [-0.39, 0.29) is 17.9 Å². The fourth-order valence-corrected chi connectivity index (χ4v) is 4.67. The molecule has 6 nitrogen and oxygen atoms in total. The van der Waals surface area contributed by atoms with Crippen molar-refractivity contribution in [2.75, 3.05) is 13.2 Å². The maximum atomic E-state index is 13.2. The third-order valence-corrected chi connectivity index (χ3v) is 6.24. The van der Waals surface area contributed by atoms with Gasteiger partial charge in [0.1, 0.15) is 17.3 Å². The highest BCUT2D eigenvalue weighted by Gasteiger charge is 2.46. The van der Waals surface area contributed by atoms with Gasteiger partial charge in [0.05, 0.1) is 36.9 Å². The summed E-state index contributed by atoms with van der Waals surface area (Å²) >= 11 is 1.51. The number of amides is 1. The number of thiophene rings is 1. The Balaban J connectivity index is 1.86. The van der Waals surface area contributed by atoms with E-state index in [2.05, 4.69) is 0 Å². The highest BCUT2D eigenvalue weighted by atomic mass is 32.1. The summed E-state index contributed by atoms with van der Waals surface area (Å²) in [6, 6.07) is 17.4. The van der Waals surface area contributed by atoms with Crippen molar-refractivity contribution >= 4 is 28.8 Å². The maximum Gasteiger partial charge on any atom is 0.295 e. The predicted octanol–water partition coefficient (Wildman–Crippen LogP) is 5.17. The van der Waals surface area contributed by atoms with E-state index in [9.17, 15) is 14.7 Å². The molecule has 0 bridgehead atoms. The van der Waals surface area contributed by atoms with Crippen LogP contribution in [0.15, 0.2) is 71.6 Å². The van der Waals surface area contributed by atoms with E-state index >= 15 is 0 Å². The minimum Gasteiger partial charge on any atom is -0.507 e. The van der Waals surface area contributed by atoms with Gasteiger partial charge < -0.3 is 19.5 Å². The highest BCUT2D eigenvalue weighted by Crippen LogP contribution is 2.42. The van der Waals surface area contributed by atoms with Crippen LogP contribution in [0.1, 0.15) is 35.9 Å². The summed E-state index contributed by atoms with van der Waals surface area (Å²) < 4.78 is 11.3. The Morgan fingerprint density at radius 3 is 2.42 bits per heavy atom. The van der Waals surface area contributed by atoms with Crippen molar-refractivity contribution in [1.82, 2.24) is 4.90 Å². The van der Waals surface area contributed by atoms with Gasteiger partial charge in [0.25, 0.3) is 11.7 Å². The zero-order chi connectivity index (χ0) is 23.4. The van der Waals surface area contributed by atoms with Gasteiger partial charge in [0.2, 0.25) is 0 Å². The van der Waals surface area contributed by atoms with Gasteiger partial charge in [-0.25, -0.2) is 0 Å². The lowest BCUT2D eigenvalue weighted by molar-refractivity contribution is -0.140. The Kier molecular flexibility index (Phi) is 6.79. The van der Waals surface area contributed by atoms with Crippen LogP contribution in [-0.2, 0) is 16.1 Å². The fraction of sp³-hybridized carbons (Fsp3) is 0.231. The number of Topliss-reactive ketones (excluding diaryl/α,β-unsaturated/α-hetero) is 1. The molecule has 1 amide bonds. The van der Waals surface area contributed by atoms with E-state index in [4.69, 9.17) is 9.47 Å². The maximum absolute atomic E-state index is 13.2. The van der Waals surface area contributed by atoms with Gasteiger partial charge in [0.15, 0.2) is 0 Å². The summed E-state index contributed by atoms with van der Waals surface area (Å²) in [5.41, 5.74) is 1.14. The van der Waals surface area contributed by atoms with Gasteiger partial charge in [-0.1, -0.05) is 36.4 Å². The van der Waals surface area contributed by atoms with E-state index in [0.29, 0.717) is 30.3 Å². The van der Waals surface area contributed by atoms with Gasteiger partial charge >= 0.3 is 0 Å². The molecule has 2 aromatic carbocycles. The topological polar surface area (TPSA) is 76.1 Å². The van der Waals surface area contributed by atoms with E-state index < -0.39 is 17.7 Å². The van der Waals surface area contributed by atoms with Crippen molar-refractivity contribution in [3.8, 4) is 11.5 Å². The molecule has 1 unspecified atom stereocenters. The summed E-state index contributed by atoms with van der Waals surface area (Å²) in [7, 11) is 0. The molecule has 1 aromatic heterocycles. The number of rotatable bonds is 8. The lowest BCUT2D eigenvalue weighted by Crippen LogP contribution is -2.28. The molecule has 1 fully saturated rings. The first-order valence-electron chi connectivity index (χ1n) is 10.8. The van der Waals surface area contributed by atoms with Crippen LogP contribution >= 0.6 is 11.3 Å². The summed E-state index contributed by atoms with van der Waals surface area (Å²) in [5, 5.41) is 13.3. The van der Waals surface area contributed by atoms with Crippen LogP contribution in [0.25, 0.3) is 5.76 Å². The third kappa shape index (κ3) is 4.50. The van der Waals surface area contributed by atoms with Crippen molar-refractivity contribution in [2.45, 2.75) is 26.4 Å². The van der Waals surface area contributed by atoms with E-state index in [1.165, 1.54) is 16.2 Å². The first kappa shape index (κ1) is 22.6.